The number of nitrogens with zero attached hydrogens (tertiary/aromatic N) is 1. The number of ether oxygens (including phenoxy) is 2. The number of aryl methyl sites for hydroxylation is 1. The quantitative estimate of drug-likeness (QED) is 0.542. The highest BCUT2D eigenvalue weighted by molar-refractivity contribution is 7.14. The molecule has 2 aromatic carbocycles. The van der Waals surface area contributed by atoms with Gasteiger partial charge in [0.05, 0.1) is 17.8 Å². The molecule has 0 radical (unpaired) electrons. The van der Waals surface area contributed by atoms with Crippen molar-refractivity contribution in [3.63, 3.8) is 0 Å². The summed E-state index contributed by atoms with van der Waals surface area (Å²) in [6.45, 7) is 1.54. The van der Waals surface area contributed by atoms with Gasteiger partial charge in [-0.2, -0.15) is 0 Å². The topological polar surface area (TPSA) is 60.5 Å². The van der Waals surface area contributed by atoms with Crippen LogP contribution in [0.4, 0.5) is 9.52 Å². The molecule has 0 atom stereocenters. The molecule has 1 heterocycles. The molecule has 1 aromatic heterocycles. The van der Waals surface area contributed by atoms with Crippen LogP contribution >= 0.6 is 34.5 Å². The molecular formula is C19H15Cl2FN2O3S. The summed E-state index contributed by atoms with van der Waals surface area (Å²) in [7, 11) is 1.40. The van der Waals surface area contributed by atoms with E-state index in [2.05, 4.69) is 10.3 Å². The maximum atomic E-state index is 13.9. The number of thiazole rings is 1. The predicted octanol–water partition coefficient (Wildman–Crippen LogP) is 5.59. The highest BCUT2D eigenvalue weighted by Crippen LogP contribution is 2.32. The maximum Gasteiger partial charge on any atom is 0.264 e. The van der Waals surface area contributed by atoms with Crippen LogP contribution in [0.1, 0.15) is 5.56 Å². The molecule has 0 spiro atoms. The fourth-order valence-corrected chi connectivity index (χ4v) is 3.84. The van der Waals surface area contributed by atoms with Crippen LogP contribution in [0.15, 0.2) is 35.7 Å². The van der Waals surface area contributed by atoms with Gasteiger partial charge >= 0.3 is 0 Å². The van der Waals surface area contributed by atoms with Crippen molar-refractivity contribution in [3.8, 4) is 22.8 Å². The Kier molecular flexibility index (Phi) is 6.39. The van der Waals surface area contributed by atoms with Crippen LogP contribution < -0.4 is 14.8 Å². The Morgan fingerprint density at radius 2 is 2.07 bits per heavy atom. The van der Waals surface area contributed by atoms with E-state index in [9.17, 15) is 9.18 Å². The van der Waals surface area contributed by atoms with Crippen LogP contribution in [-0.4, -0.2) is 24.6 Å². The molecule has 5 nitrogen and oxygen atoms in total. The van der Waals surface area contributed by atoms with Gasteiger partial charge in [0.25, 0.3) is 5.91 Å². The number of hydrogen-bond acceptors (Lipinski definition) is 5. The Morgan fingerprint density at radius 3 is 2.75 bits per heavy atom. The monoisotopic (exact) mass is 440 g/mol. The first-order valence-corrected chi connectivity index (χ1v) is 9.68. The van der Waals surface area contributed by atoms with Gasteiger partial charge in [-0.05, 0) is 42.8 Å². The Bertz CT molecular complexity index is 1000. The fraction of sp³-hybridized carbons (Fsp3) is 0.158. The lowest BCUT2D eigenvalue weighted by Gasteiger charge is -2.11. The third kappa shape index (κ3) is 4.73. The first-order valence-electron chi connectivity index (χ1n) is 8.05. The molecular weight excluding hydrogens is 426 g/mol. The number of hydrogen-bond donors (Lipinski definition) is 1. The van der Waals surface area contributed by atoms with Crippen molar-refractivity contribution >= 4 is 45.6 Å². The second-order valence-corrected chi connectivity index (χ2v) is 7.46. The van der Waals surface area contributed by atoms with E-state index in [1.807, 2.05) is 0 Å². The number of nitrogens with one attached hydrogen (secondary N) is 1. The number of rotatable bonds is 6. The molecule has 0 fully saturated rings. The molecule has 0 aliphatic rings. The summed E-state index contributed by atoms with van der Waals surface area (Å²) < 4.78 is 24.2. The average Bonchev–Trinajstić information content (AvgIpc) is 3.09. The molecule has 1 N–H and O–H groups in total. The van der Waals surface area contributed by atoms with Gasteiger partial charge in [-0.3, -0.25) is 10.1 Å². The highest BCUT2D eigenvalue weighted by Gasteiger charge is 2.13. The number of amides is 1. The standard InChI is InChI=1S/C19H15Cl2FN2O3S/c1-10-5-12(20)7-13(21)18(10)27-8-17(25)24-19-23-15(9-28-19)11-3-4-16(26-2)14(22)6-11/h3-7,9H,8H2,1-2H3,(H,23,24,25). The SMILES string of the molecule is COc1ccc(-c2csc(NC(=O)COc3c(C)cc(Cl)cc3Cl)n2)cc1F. The summed E-state index contributed by atoms with van der Waals surface area (Å²) in [6, 6.07) is 7.78. The molecule has 0 bridgehead atoms. The summed E-state index contributed by atoms with van der Waals surface area (Å²) in [5.41, 5.74) is 1.84. The number of halogens is 3. The van der Waals surface area contributed by atoms with Gasteiger partial charge in [0.2, 0.25) is 0 Å². The largest absolute Gasteiger partial charge is 0.494 e. The molecule has 1 amide bonds. The van der Waals surface area contributed by atoms with Gasteiger partial charge in [0.15, 0.2) is 23.3 Å². The van der Waals surface area contributed by atoms with Crippen molar-refractivity contribution < 1.29 is 18.7 Å². The predicted molar refractivity (Wildman–Crippen MR) is 109 cm³/mol. The molecule has 3 aromatic rings. The Balaban J connectivity index is 1.64. The summed E-state index contributed by atoms with van der Waals surface area (Å²) in [5, 5.41) is 5.56. The molecule has 3 rings (SSSR count). The average molecular weight is 441 g/mol. The van der Waals surface area contributed by atoms with Crippen LogP contribution in [0.2, 0.25) is 10.0 Å². The minimum Gasteiger partial charge on any atom is -0.494 e. The number of methoxy groups -OCH3 is 1. The van der Waals surface area contributed by atoms with Crippen molar-refractivity contribution in [2.24, 2.45) is 0 Å². The molecule has 9 heteroatoms. The molecule has 0 saturated heterocycles. The fourth-order valence-electron chi connectivity index (χ4n) is 2.45. The Morgan fingerprint density at radius 1 is 1.29 bits per heavy atom. The third-order valence-corrected chi connectivity index (χ3v) is 5.00. The van der Waals surface area contributed by atoms with Crippen molar-refractivity contribution in [1.29, 1.82) is 0 Å². The van der Waals surface area contributed by atoms with Crippen molar-refractivity contribution in [1.82, 2.24) is 4.98 Å². The minimum atomic E-state index is -0.484. The normalized spacial score (nSPS) is 10.6. The molecule has 28 heavy (non-hydrogen) atoms. The van der Waals surface area contributed by atoms with E-state index < -0.39 is 11.7 Å². The van der Waals surface area contributed by atoms with E-state index in [0.29, 0.717) is 32.2 Å². The van der Waals surface area contributed by atoms with Crippen LogP contribution in [0.5, 0.6) is 11.5 Å². The molecule has 0 aliphatic carbocycles. The van der Waals surface area contributed by atoms with E-state index in [-0.39, 0.29) is 12.4 Å². The molecule has 146 valence electrons. The summed E-state index contributed by atoms with van der Waals surface area (Å²) in [5.74, 6) is -0.329. The van der Waals surface area contributed by atoms with Crippen LogP contribution in [0, 0.1) is 12.7 Å². The van der Waals surface area contributed by atoms with Crippen molar-refractivity contribution in [2.45, 2.75) is 6.92 Å². The second-order valence-electron chi connectivity index (χ2n) is 5.76. The Labute approximate surface area is 175 Å². The van der Waals surface area contributed by atoms with Crippen LogP contribution in [0.25, 0.3) is 11.3 Å². The lowest BCUT2D eigenvalue weighted by molar-refractivity contribution is -0.118. The zero-order valence-corrected chi connectivity index (χ0v) is 17.2. The smallest absolute Gasteiger partial charge is 0.264 e. The van der Waals surface area contributed by atoms with Crippen molar-refractivity contribution in [3.05, 3.63) is 57.1 Å². The van der Waals surface area contributed by atoms with Crippen LogP contribution in [-0.2, 0) is 4.79 Å². The second kappa shape index (κ2) is 8.77. The zero-order chi connectivity index (χ0) is 20.3. The van der Waals surface area contributed by atoms with Crippen molar-refractivity contribution in [2.75, 3.05) is 19.0 Å². The molecule has 0 saturated carbocycles. The maximum absolute atomic E-state index is 13.9. The first-order chi connectivity index (χ1) is 13.4. The number of anilines is 1. The number of carbonyl (C=O) groups is 1. The van der Waals surface area contributed by atoms with Gasteiger partial charge in [0.1, 0.15) is 5.75 Å². The highest BCUT2D eigenvalue weighted by atomic mass is 35.5. The minimum absolute atomic E-state index is 0.154. The van der Waals surface area contributed by atoms with Gasteiger partial charge in [-0.25, -0.2) is 9.37 Å². The zero-order valence-electron chi connectivity index (χ0n) is 14.9. The summed E-state index contributed by atoms with van der Waals surface area (Å²) in [6.07, 6.45) is 0. The van der Waals surface area contributed by atoms with Crippen LogP contribution in [0.3, 0.4) is 0 Å². The Hall–Kier alpha value is -2.35. The summed E-state index contributed by atoms with van der Waals surface area (Å²) >= 11 is 13.2. The van der Waals surface area contributed by atoms with Gasteiger partial charge in [-0.15, -0.1) is 11.3 Å². The van der Waals surface area contributed by atoms with Gasteiger partial charge in [-0.1, -0.05) is 23.2 Å². The van der Waals surface area contributed by atoms with Gasteiger partial charge in [0, 0.05) is 16.0 Å². The lowest BCUT2D eigenvalue weighted by atomic mass is 10.1. The number of carbonyl (C=O) groups excluding carboxylic acids is 1. The number of benzene rings is 2. The van der Waals surface area contributed by atoms with Gasteiger partial charge < -0.3 is 9.47 Å². The van der Waals surface area contributed by atoms with E-state index in [0.717, 1.165) is 5.56 Å². The van der Waals surface area contributed by atoms with E-state index in [1.54, 1.807) is 30.5 Å². The summed E-state index contributed by atoms with van der Waals surface area (Å²) in [4.78, 5) is 16.4. The first kappa shape index (κ1) is 20.4. The third-order valence-electron chi connectivity index (χ3n) is 3.74. The molecule has 0 unspecified atom stereocenters. The number of aromatic nitrogens is 1. The molecule has 0 aliphatic heterocycles. The van der Waals surface area contributed by atoms with E-state index in [4.69, 9.17) is 32.7 Å². The van der Waals surface area contributed by atoms with E-state index in [1.165, 1.54) is 30.6 Å². The lowest BCUT2D eigenvalue weighted by Crippen LogP contribution is -2.20. The van der Waals surface area contributed by atoms with E-state index >= 15 is 0 Å².